The highest BCUT2D eigenvalue weighted by Gasteiger charge is 2.43. The minimum Gasteiger partial charge on any atom is -0.372 e. The molecule has 3 aliphatic rings. The fraction of sp³-hybridized carbons (Fsp3) is 1.00. The highest BCUT2D eigenvalue weighted by molar-refractivity contribution is 4.98. The first-order valence-electron chi connectivity index (χ1n) is 8.26. The Morgan fingerprint density at radius 1 is 0.944 bits per heavy atom. The van der Waals surface area contributed by atoms with Gasteiger partial charge in [-0.15, -0.1) is 0 Å². The maximum Gasteiger partial charge on any atom is 0.0835 e. The van der Waals surface area contributed by atoms with Gasteiger partial charge in [0.25, 0.3) is 0 Å². The van der Waals surface area contributed by atoms with Crippen molar-refractivity contribution in [3.63, 3.8) is 0 Å². The molecule has 18 heavy (non-hydrogen) atoms. The Bertz CT molecular complexity index is 246. The fourth-order valence-electron chi connectivity index (χ4n) is 4.47. The van der Waals surface area contributed by atoms with E-state index in [4.69, 9.17) is 4.74 Å². The molecule has 0 aromatic carbocycles. The van der Waals surface area contributed by atoms with Crippen LogP contribution in [0.2, 0.25) is 0 Å². The van der Waals surface area contributed by atoms with E-state index in [0.717, 1.165) is 19.1 Å². The lowest BCUT2D eigenvalue weighted by Crippen LogP contribution is -2.59. The van der Waals surface area contributed by atoms with E-state index in [1.54, 1.807) is 0 Å². The average molecular weight is 251 g/mol. The van der Waals surface area contributed by atoms with Crippen LogP contribution < -0.4 is 5.32 Å². The predicted molar refractivity (Wildman–Crippen MR) is 74.8 cm³/mol. The third-order valence-corrected chi connectivity index (χ3v) is 5.51. The largest absolute Gasteiger partial charge is 0.372 e. The van der Waals surface area contributed by atoms with Crippen LogP contribution in [0.3, 0.4) is 0 Å². The van der Waals surface area contributed by atoms with Crippen LogP contribution in [0.15, 0.2) is 0 Å². The molecule has 1 spiro atoms. The summed E-state index contributed by atoms with van der Waals surface area (Å²) in [7, 11) is 0. The van der Waals surface area contributed by atoms with Gasteiger partial charge in [0.2, 0.25) is 0 Å². The third kappa shape index (κ3) is 2.75. The van der Waals surface area contributed by atoms with Crippen molar-refractivity contribution in [3.05, 3.63) is 0 Å². The number of morpholine rings is 1. The van der Waals surface area contributed by atoms with Gasteiger partial charge in [-0.25, -0.2) is 0 Å². The van der Waals surface area contributed by atoms with Gasteiger partial charge in [-0.05, 0) is 25.2 Å². The van der Waals surface area contributed by atoms with Crippen molar-refractivity contribution in [3.8, 4) is 0 Å². The number of hydrogen-bond acceptors (Lipinski definition) is 2. The van der Waals surface area contributed by atoms with Gasteiger partial charge in [-0.3, -0.25) is 0 Å². The molecule has 1 aliphatic heterocycles. The summed E-state index contributed by atoms with van der Waals surface area (Å²) >= 11 is 0. The summed E-state index contributed by atoms with van der Waals surface area (Å²) in [5, 5.41) is 3.80. The first-order chi connectivity index (χ1) is 8.89. The molecule has 1 N–H and O–H groups in total. The normalized spacial score (nSPS) is 33.7. The number of hydrogen-bond donors (Lipinski definition) is 1. The topological polar surface area (TPSA) is 21.3 Å². The molecule has 3 rings (SSSR count). The fourth-order valence-corrected chi connectivity index (χ4v) is 4.47. The molecular weight excluding hydrogens is 222 g/mol. The third-order valence-electron chi connectivity index (χ3n) is 5.51. The second kappa shape index (κ2) is 5.92. The highest BCUT2D eigenvalue weighted by Crippen LogP contribution is 2.40. The minimum atomic E-state index is 0.216. The zero-order valence-corrected chi connectivity index (χ0v) is 11.8. The molecule has 1 atom stereocenters. The van der Waals surface area contributed by atoms with E-state index in [1.807, 2.05) is 0 Å². The quantitative estimate of drug-likeness (QED) is 0.809. The molecule has 2 nitrogen and oxygen atoms in total. The Kier molecular flexibility index (Phi) is 4.25. The van der Waals surface area contributed by atoms with Crippen LogP contribution in [0, 0.1) is 5.92 Å². The summed E-state index contributed by atoms with van der Waals surface area (Å²) in [5.74, 6) is 0.969. The Labute approximate surface area is 112 Å². The Balaban J connectivity index is 1.63. The summed E-state index contributed by atoms with van der Waals surface area (Å²) in [4.78, 5) is 0. The van der Waals surface area contributed by atoms with Crippen LogP contribution >= 0.6 is 0 Å². The Morgan fingerprint density at radius 2 is 1.67 bits per heavy atom. The lowest BCUT2D eigenvalue weighted by Gasteiger charge is -2.48. The molecule has 0 aromatic rings. The van der Waals surface area contributed by atoms with E-state index in [9.17, 15) is 0 Å². The van der Waals surface area contributed by atoms with Crippen LogP contribution in [0.25, 0.3) is 0 Å². The van der Waals surface area contributed by atoms with Gasteiger partial charge in [-0.1, -0.05) is 51.4 Å². The molecule has 104 valence electrons. The summed E-state index contributed by atoms with van der Waals surface area (Å²) in [6.45, 7) is 2.00. The zero-order chi connectivity index (χ0) is 12.3. The second-order valence-electron chi connectivity index (χ2n) is 6.72. The van der Waals surface area contributed by atoms with Crippen molar-refractivity contribution in [2.45, 2.75) is 82.3 Å². The lowest BCUT2D eigenvalue weighted by atomic mass is 9.73. The molecule has 0 aromatic heterocycles. The van der Waals surface area contributed by atoms with Crippen LogP contribution in [-0.4, -0.2) is 24.8 Å². The van der Waals surface area contributed by atoms with Crippen LogP contribution in [-0.2, 0) is 4.74 Å². The monoisotopic (exact) mass is 251 g/mol. The first-order valence-corrected chi connectivity index (χ1v) is 8.26. The molecule has 1 saturated heterocycles. The highest BCUT2D eigenvalue weighted by atomic mass is 16.5. The van der Waals surface area contributed by atoms with Crippen LogP contribution in [0.5, 0.6) is 0 Å². The minimum absolute atomic E-state index is 0.216. The van der Waals surface area contributed by atoms with E-state index in [-0.39, 0.29) is 5.60 Å². The number of rotatable bonds is 2. The number of ether oxygens (including phenoxy) is 1. The van der Waals surface area contributed by atoms with Crippen LogP contribution in [0.1, 0.15) is 70.6 Å². The first kappa shape index (κ1) is 12.9. The molecule has 0 amide bonds. The molecular formula is C16H29NO. The molecule has 2 heteroatoms. The van der Waals surface area contributed by atoms with Crippen molar-refractivity contribution in [2.75, 3.05) is 13.2 Å². The Hall–Kier alpha value is -0.0800. The van der Waals surface area contributed by atoms with E-state index >= 15 is 0 Å². The molecule has 2 saturated carbocycles. The molecule has 1 unspecified atom stereocenters. The summed E-state index contributed by atoms with van der Waals surface area (Å²) in [6.07, 6.45) is 15.5. The van der Waals surface area contributed by atoms with Gasteiger partial charge >= 0.3 is 0 Å². The average Bonchev–Trinajstić information content (AvgIpc) is 2.44. The lowest BCUT2D eigenvalue weighted by molar-refractivity contribution is -0.122. The Morgan fingerprint density at radius 3 is 2.44 bits per heavy atom. The summed E-state index contributed by atoms with van der Waals surface area (Å²) in [5.41, 5.74) is 0.216. The maximum atomic E-state index is 6.30. The maximum absolute atomic E-state index is 6.30. The molecule has 3 fully saturated rings. The van der Waals surface area contributed by atoms with E-state index in [1.165, 1.54) is 70.6 Å². The van der Waals surface area contributed by atoms with E-state index < -0.39 is 0 Å². The van der Waals surface area contributed by atoms with Crippen molar-refractivity contribution in [1.29, 1.82) is 0 Å². The smallest absolute Gasteiger partial charge is 0.0835 e. The van der Waals surface area contributed by atoms with E-state index in [2.05, 4.69) is 5.32 Å². The molecule has 0 radical (unpaired) electrons. The van der Waals surface area contributed by atoms with Crippen LogP contribution in [0.4, 0.5) is 0 Å². The van der Waals surface area contributed by atoms with Gasteiger partial charge in [0.05, 0.1) is 12.2 Å². The van der Waals surface area contributed by atoms with Crippen molar-refractivity contribution >= 4 is 0 Å². The van der Waals surface area contributed by atoms with Gasteiger partial charge in [0.15, 0.2) is 0 Å². The van der Waals surface area contributed by atoms with Gasteiger partial charge < -0.3 is 10.1 Å². The summed E-state index contributed by atoms with van der Waals surface area (Å²) in [6, 6.07) is 0.648. The van der Waals surface area contributed by atoms with Gasteiger partial charge in [0.1, 0.15) is 0 Å². The van der Waals surface area contributed by atoms with Crippen molar-refractivity contribution < 1.29 is 4.74 Å². The zero-order valence-electron chi connectivity index (χ0n) is 11.8. The SMILES string of the molecule is C1CCC(CC2NCCOC23CCCCC3)CC1. The van der Waals surface area contributed by atoms with E-state index in [0.29, 0.717) is 6.04 Å². The molecule has 2 aliphatic carbocycles. The van der Waals surface area contributed by atoms with Gasteiger partial charge in [0, 0.05) is 12.6 Å². The standard InChI is InChI=1S/C16H29NO/c1-3-7-14(8-4-1)13-15-16(18-12-11-17-15)9-5-2-6-10-16/h14-15,17H,1-13H2. The van der Waals surface area contributed by atoms with Crippen molar-refractivity contribution in [1.82, 2.24) is 5.32 Å². The molecule has 1 heterocycles. The molecule has 0 bridgehead atoms. The predicted octanol–water partition coefficient (Wildman–Crippen LogP) is 3.65. The summed E-state index contributed by atoms with van der Waals surface area (Å²) < 4.78 is 6.30. The number of nitrogens with one attached hydrogen (secondary N) is 1. The van der Waals surface area contributed by atoms with Gasteiger partial charge in [-0.2, -0.15) is 0 Å². The van der Waals surface area contributed by atoms with Crippen molar-refractivity contribution in [2.24, 2.45) is 5.92 Å². The second-order valence-corrected chi connectivity index (χ2v) is 6.72.